The summed E-state index contributed by atoms with van der Waals surface area (Å²) < 4.78 is 19.1. The Morgan fingerprint density at radius 1 is 1.33 bits per heavy atom. The Bertz CT molecular complexity index is 548. The lowest BCUT2D eigenvalue weighted by Crippen LogP contribution is -2.04. The van der Waals surface area contributed by atoms with E-state index in [1.165, 1.54) is 6.07 Å². The fraction of sp³-hybridized carbons (Fsp3) is 0.154. The van der Waals surface area contributed by atoms with E-state index >= 15 is 0 Å². The number of hydrogen-bond acceptors (Lipinski definition) is 3. The number of halogens is 2. The van der Waals surface area contributed by atoms with Gasteiger partial charge in [0.2, 0.25) is 5.88 Å². The van der Waals surface area contributed by atoms with E-state index in [0.717, 1.165) is 11.3 Å². The Kier molecular flexibility index (Phi) is 4.35. The van der Waals surface area contributed by atoms with Crippen LogP contribution in [-0.4, -0.2) is 12.1 Å². The summed E-state index contributed by atoms with van der Waals surface area (Å²) in [5.74, 6) is 0.357. The zero-order valence-electron chi connectivity index (χ0n) is 9.78. The third kappa shape index (κ3) is 2.90. The number of hydrogen-bond donors (Lipinski definition) is 1. The van der Waals surface area contributed by atoms with Crippen LogP contribution in [0, 0.1) is 9.39 Å². The molecular weight excluding hydrogens is 346 g/mol. The van der Waals surface area contributed by atoms with E-state index in [0.29, 0.717) is 16.0 Å². The highest BCUT2D eigenvalue weighted by atomic mass is 127. The Balaban J connectivity index is 2.14. The zero-order valence-corrected chi connectivity index (χ0v) is 11.9. The van der Waals surface area contributed by atoms with Crippen molar-refractivity contribution in [3.05, 3.63) is 51.5 Å². The molecule has 1 aromatic heterocycles. The Morgan fingerprint density at radius 3 is 2.94 bits per heavy atom. The van der Waals surface area contributed by atoms with Gasteiger partial charge in [0.05, 0.1) is 16.4 Å². The molecule has 0 amide bonds. The van der Waals surface area contributed by atoms with Gasteiger partial charge >= 0.3 is 0 Å². The van der Waals surface area contributed by atoms with Gasteiger partial charge in [-0.2, -0.15) is 0 Å². The average molecular weight is 358 g/mol. The molecule has 0 saturated heterocycles. The van der Waals surface area contributed by atoms with Crippen LogP contribution in [0.3, 0.4) is 0 Å². The van der Waals surface area contributed by atoms with Crippen LogP contribution >= 0.6 is 22.6 Å². The lowest BCUT2D eigenvalue weighted by atomic mass is 10.2. The maximum absolute atomic E-state index is 13.4. The molecule has 5 heteroatoms. The zero-order chi connectivity index (χ0) is 13.0. The summed E-state index contributed by atoms with van der Waals surface area (Å²) in [6.07, 6.45) is 1.67. The largest absolute Gasteiger partial charge is 0.481 e. The van der Waals surface area contributed by atoms with Crippen LogP contribution in [-0.2, 0) is 6.54 Å². The summed E-state index contributed by atoms with van der Waals surface area (Å²) in [4.78, 5) is 4.11. The molecule has 0 aliphatic heterocycles. The molecular formula is C13H12FIN2O. The van der Waals surface area contributed by atoms with Crippen molar-refractivity contribution < 1.29 is 9.13 Å². The van der Waals surface area contributed by atoms with Gasteiger partial charge in [0.15, 0.2) is 0 Å². The summed E-state index contributed by atoms with van der Waals surface area (Å²) in [6.45, 7) is 0.538. The number of pyridine rings is 1. The van der Waals surface area contributed by atoms with Gasteiger partial charge in [0.1, 0.15) is 5.82 Å². The topological polar surface area (TPSA) is 34.1 Å². The number of nitrogens with zero attached hydrogens (tertiary/aromatic N) is 1. The van der Waals surface area contributed by atoms with Crippen molar-refractivity contribution in [3.8, 4) is 5.88 Å². The van der Waals surface area contributed by atoms with Gasteiger partial charge < -0.3 is 10.1 Å². The number of benzene rings is 1. The van der Waals surface area contributed by atoms with Crippen molar-refractivity contribution in [1.82, 2.24) is 4.98 Å². The second kappa shape index (κ2) is 5.99. The van der Waals surface area contributed by atoms with Gasteiger partial charge in [-0.05, 0) is 40.8 Å². The number of nitrogens with one attached hydrogen (secondary N) is 1. The van der Waals surface area contributed by atoms with Gasteiger partial charge in [-0.1, -0.05) is 12.1 Å². The second-order valence-electron chi connectivity index (χ2n) is 3.63. The smallest absolute Gasteiger partial charge is 0.218 e. The maximum atomic E-state index is 13.4. The fourth-order valence-corrected chi connectivity index (χ4v) is 2.12. The standard InChI is InChI=1S/C13H12FIN2O/c1-18-13-9(4-3-7-16-13)8-17-11-6-2-5-10(14)12(11)15/h2-7,17H,8H2,1H3. The van der Waals surface area contributed by atoms with Crippen LogP contribution in [0.5, 0.6) is 5.88 Å². The minimum atomic E-state index is -0.223. The van der Waals surface area contributed by atoms with Crippen molar-refractivity contribution in [3.63, 3.8) is 0 Å². The molecule has 3 nitrogen and oxygen atoms in total. The highest BCUT2D eigenvalue weighted by Crippen LogP contribution is 2.22. The molecule has 1 heterocycles. The van der Waals surface area contributed by atoms with Crippen LogP contribution in [0.25, 0.3) is 0 Å². The molecule has 0 bridgehead atoms. The molecule has 1 N–H and O–H groups in total. The van der Waals surface area contributed by atoms with Gasteiger partial charge in [-0.3, -0.25) is 0 Å². The predicted octanol–water partition coefficient (Wildman–Crippen LogP) is 3.45. The first-order valence-electron chi connectivity index (χ1n) is 5.38. The molecule has 0 fully saturated rings. The summed E-state index contributed by atoms with van der Waals surface area (Å²) in [6, 6.07) is 8.73. The third-order valence-corrected chi connectivity index (χ3v) is 3.56. The highest BCUT2D eigenvalue weighted by Gasteiger charge is 2.06. The molecule has 0 saturated carbocycles. The van der Waals surface area contributed by atoms with E-state index in [4.69, 9.17) is 4.74 Å². The summed E-state index contributed by atoms with van der Waals surface area (Å²) in [7, 11) is 1.58. The molecule has 0 radical (unpaired) electrons. The molecule has 0 unspecified atom stereocenters. The highest BCUT2D eigenvalue weighted by molar-refractivity contribution is 14.1. The molecule has 94 valence electrons. The molecule has 0 atom stereocenters. The predicted molar refractivity (Wildman–Crippen MR) is 77.2 cm³/mol. The molecule has 2 aromatic rings. The summed E-state index contributed by atoms with van der Waals surface area (Å²) in [5, 5.41) is 3.18. The van der Waals surface area contributed by atoms with E-state index in [1.807, 2.05) is 40.8 Å². The van der Waals surface area contributed by atoms with Crippen LogP contribution in [0.15, 0.2) is 36.5 Å². The van der Waals surface area contributed by atoms with E-state index in [1.54, 1.807) is 19.4 Å². The van der Waals surface area contributed by atoms with Crippen LogP contribution in [0.1, 0.15) is 5.56 Å². The SMILES string of the molecule is COc1ncccc1CNc1cccc(F)c1I. The number of methoxy groups -OCH3 is 1. The van der Waals surface area contributed by atoms with E-state index in [2.05, 4.69) is 10.3 Å². The molecule has 0 aliphatic rings. The monoisotopic (exact) mass is 358 g/mol. The number of anilines is 1. The maximum Gasteiger partial charge on any atom is 0.218 e. The Hall–Kier alpha value is -1.37. The average Bonchev–Trinajstić information content (AvgIpc) is 2.41. The lowest BCUT2D eigenvalue weighted by molar-refractivity contribution is 0.393. The lowest BCUT2D eigenvalue weighted by Gasteiger charge is -2.11. The van der Waals surface area contributed by atoms with Gasteiger partial charge in [-0.25, -0.2) is 9.37 Å². The second-order valence-corrected chi connectivity index (χ2v) is 4.71. The van der Waals surface area contributed by atoms with Crippen LogP contribution < -0.4 is 10.1 Å². The van der Waals surface area contributed by atoms with E-state index in [-0.39, 0.29) is 5.82 Å². The summed E-state index contributed by atoms with van der Waals surface area (Å²) in [5.41, 5.74) is 1.70. The van der Waals surface area contributed by atoms with Crippen LogP contribution in [0.2, 0.25) is 0 Å². The normalized spacial score (nSPS) is 10.2. The first kappa shape index (κ1) is 13.1. The van der Waals surface area contributed by atoms with Gasteiger partial charge in [0.25, 0.3) is 0 Å². The van der Waals surface area contributed by atoms with Crippen molar-refractivity contribution in [2.24, 2.45) is 0 Å². The fourth-order valence-electron chi connectivity index (χ4n) is 1.57. The quantitative estimate of drug-likeness (QED) is 0.851. The minimum Gasteiger partial charge on any atom is -0.481 e. The van der Waals surface area contributed by atoms with Gasteiger partial charge in [-0.15, -0.1) is 0 Å². The Morgan fingerprint density at radius 2 is 2.17 bits per heavy atom. The number of rotatable bonds is 4. The van der Waals surface area contributed by atoms with Crippen molar-refractivity contribution >= 4 is 28.3 Å². The summed E-state index contributed by atoms with van der Waals surface area (Å²) >= 11 is 1.98. The molecule has 1 aromatic carbocycles. The number of ether oxygens (including phenoxy) is 1. The first-order chi connectivity index (χ1) is 8.72. The molecule has 0 spiro atoms. The van der Waals surface area contributed by atoms with E-state index < -0.39 is 0 Å². The Labute approximate surface area is 119 Å². The molecule has 2 rings (SSSR count). The van der Waals surface area contributed by atoms with Crippen LogP contribution in [0.4, 0.5) is 10.1 Å². The van der Waals surface area contributed by atoms with Crippen molar-refractivity contribution in [1.29, 1.82) is 0 Å². The first-order valence-corrected chi connectivity index (χ1v) is 6.46. The van der Waals surface area contributed by atoms with Gasteiger partial charge in [0, 0.05) is 18.3 Å². The van der Waals surface area contributed by atoms with E-state index in [9.17, 15) is 4.39 Å². The molecule has 18 heavy (non-hydrogen) atoms. The third-order valence-electron chi connectivity index (χ3n) is 2.46. The van der Waals surface area contributed by atoms with Crippen molar-refractivity contribution in [2.75, 3.05) is 12.4 Å². The number of aromatic nitrogens is 1. The molecule has 0 aliphatic carbocycles. The van der Waals surface area contributed by atoms with Crippen molar-refractivity contribution in [2.45, 2.75) is 6.54 Å². The minimum absolute atomic E-state index is 0.223.